The summed E-state index contributed by atoms with van der Waals surface area (Å²) >= 11 is 3.44. The maximum absolute atomic E-state index is 13.0. The molecule has 0 unspecified atom stereocenters. The first-order valence-corrected chi connectivity index (χ1v) is 10.9. The van der Waals surface area contributed by atoms with Crippen molar-refractivity contribution in [3.8, 4) is 0 Å². The van der Waals surface area contributed by atoms with Crippen molar-refractivity contribution >= 4 is 39.1 Å². The summed E-state index contributed by atoms with van der Waals surface area (Å²) < 4.78 is 1.00. The van der Waals surface area contributed by atoms with Crippen LogP contribution < -0.4 is 10.2 Å². The monoisotopic (exact) mass is 460 g/mol. The van der Waals surface area contributed by atoms with Crippen LogP contribution in [-0.2, 0) is 16.6 Å². The molecular weight excluding hydrogens is 440 g/mol. The third-order valence-corrected chi connectivity index (χ3v) is 6.63. The SMILES string of the molecule is O=C(c1ccc(NC(=O)C2(c3ccc(Br)cc3)CC2)cc1)N1CCc2ccccc21. The number of anilines is 2. The molecule has 1 aliphatic carbocycles. The van der Waals surface area contributed by atoms with E-state index < -0.39 is 5.41 Å². The number of rotatable bonds is 4. The summed E-state index contributed by atoms with van der Waals surface area (Å²) in [7, 11) is 0. The van der Waals surface area contributed by atoms with Crippen molar-refractivity contribution in [3.05, 3.63) is 94.0 Å². The first-order chi connectivity index (χ1) is 14.6. The second kappa shape index (κ2) is 7.40. The Hall–Kier alpha value is -2.92. The topological polar surface area (TPSA) is 49.4 Å². The molecule has 1 aliphatic heterocycles. The normalized spacial score (nSPS) is 16.1. The van der Waals surface area contributed by atoms with Crippen LogP contribution in [0.25, 0.3) is 0 Å². The molecule has 0 bridgehead atoms. The average molecular weight is 461 g/mol. The van der Waals surface area contributed by atoms with Gasteiger partial charge in [-0.05, 0) is 72.9 Å². The van der Waals surface area contributed by atoms with Crippen LogP contribution in [0.4, 0.5) is 11.4 Å². The molecule has 2 amide bonds. The lowest BCUT2D eigenvalue weighted by Crippen LogP contribution is -2.29. The Morgan fingerprint density at radius 2 is 1.60 bits per heavy atom. The number of halogens is 1. The molecule has 3 aromatic carbocycles. The fourth-order valence-corrected chi connectivity index (χ4v) is 4.46. The summed E-state index contributed by atoms with van der Waals surface area (Å²) in [5, 5.41) is 3.03. The molecule has 1 heterocycles. The maximum atomic E-state index is 13.0. The van der Waals surface area contributed by atoms with Gasteiger partial charge in [-0.25, -0.2) is 0 Å². The standard InChI is InChI=1S/C25H21BrN2O2/c26-20-9-7-19(8-10-20)25(14-15-25)24(30)27-21-11-5-18(6-12-21)23(29)28-16-13-17-3-1-2-4-22(17)28/h1-12H,13-16H2,(H,27,30). The number of nitrogens with zero attached hydrogens (tertiary/aromatic N) is 1. The molecule has 1 saturated carbocycles. The third-order valence-electron chi connectivity index (χ3n) is 6.10. The molecule has 0 atom stereocenters. The van der Waals surface area contributed by atoms with Crippen LogP contribution in [0.2, 0.25) is 0 Å². The van der Waals surface area contributed by atoms with Gasteiger partial charge in [0.1, 0.15) is 0 Å². The summed E-state index contributed by atoms with van der Waals surface area (Å²) in [6.45, 7) is 0.701. The number of carbonyl (C=O) groups excluding carboxylic acids is 2. The van der Waals surface area contributed by atoms with Gasteiger partial charge in [-0.15, -0.1) is 0 Å². The van der Waals surface area contributed by atoms with E-state index in [1.54, 1.807) is 12.1 Å². The first kappa shape index (κ1) is 19.1. The first-order valence-electron chi connectivity index (χ1n) is 10.1. The molecule has 5 heteroatoms. The Kier molecular flexibility index (Phi) is 4.70. The molecule has 30 heavy (non-hydrogen) atoms. The van der Waals surface area contributed by atoms with Gasteiger partial charge >= 0.3 is 0 Å². The van der Waals surface area contributed by atoms with Gasteiger partial charge in [-0.3, -0.25) is 9.59 Å². The van der Waals surface area contributed by atoms with E-state index in [-0.39, 0.29) is 11.8 Å². The highest BCUT2D eigenvalue weighted by atomic mass is 79.9. The molecule has 2 aliphatic rings. The van der Waals surface area contributed by atoms with Crippen LogP contribution >= 0.6 is 15.9 Å². The van der Waals surface area contributed by atoms with E-state index in [0.29, 0.717) is 17.8 Å². The average Bonchev–Trinajstić information content (AvgIpc) is 3.47. The van der Waals surface area contributed by atoms with Crippen molar-refractivity contribution in [2.75, 3.05) is 16.8 Å². The van der Waals surface area contributed by atoms with Crippen molar-refractivity contribution in [2.45, 2.75) is 24.7 Å². The third kappa shape index (κ3) is 3.33. The van der Waals surface area contributed by atoms with Gasteiger partial charge in [0.15, 0.2) is 0 Å². The highest BCUT2D eigenvalue weighted by Gasteiger charge is 2.51. The van der Waals surface area contributed by atoms with E-state index in [9.17, 15) is 9.59 Å². The summed E-state index contributed by atoms with van der Waals surface area (Å²) in [5.41, 5.74) is 4.14. The summed E-state index contributed by atoms with van der Waals surface area (Å²) in [6.07, 6.45) is 2.59. The van der Waals surface area contributed by atoms with Crippen molar-refractivity contribution in [3.63, 3.8) is 0 Å². The van der Waals surface area contributed by atoms with Crippen LogP contribution in [-0.4, -0.2) is 18.4 Å². The van der Waals surface area contributed by atoms with Crippen LogP contribution in [0.3, 0.4) is 0 Å². The van der Waals surface area contributed by atoms with E-state index in [1.807, 2.05) is 59.5 Å². The number of hydrogen-bond donors (Lipinski definition) is 1. The molecule has 5 rings (SSSR count). The van der Waals surface area contributed by atoms with E-state index in [4.69, 9.17) is 0 Å². The molecule has 1 fully saturated rings. The molecule has 1 N–H and O–H groups in total. The minimum Gasteiger partial charge on any atom is -0.325 e. The Labute approximate surface area is 184 Å². The van der Waals surface area contributed by atoms with Gasteiger partial charge in [-0.2, -0.15) is 0 Å². The Bertz CT molecular complexity index is 1120. The molecule has 4 nitrogen and oxygen atoms in total. The maximum Gasteiger partial charge on any atom is 0.258 e. The number of hydrogen-bond acceptors (Lipinski definition) is 2. The molecule has 0 spiro atoms. The molecule has 3 aromatic rings. The van der Waals surface area contributed by atoms with Gasteiger partial charge < -0.3 is 10.2 Å². The molecule has 150 valence electrons. The summed E-state index contributed by atoms with van der Waals surface area (Å²) in [4.78, 5) is 27.7. The van der Waals surface area contributed by atoms with Gasteiger partial charge in [0.2, 0.25) is 5.91 Å². The quantitative estimate of drug-likeness (QED) is 0.572. The lowest BCUT2D eigenvalue weighted by Gasteiger charge is -2.18. The number of para-hydroxylation sites is 1. The lowest BCUT2D eigenvalue weighted by molar-refractivity contribution is -0.118. The number of carbonyl (C=O) groups is 2. The molecule has 0 aromatic heterocycles. The van der Waals surface area contributed by atoms with E-state index in [0.717, 1.165) is 35.0 Å². The molecule has 0 radical (unpaired) electrons. The Morgan fingerprint density at radius 3 is 2.30 bits per heavy atom. The van der Waals surface area contributed by atoms with E-state index >= 15 is 0 Å². The van der Waals surface area contributed by atoms with Crippen LogP contribution in [0.1, 0.15) is 34.3 Å². The van der Waals surface area contributed by atoms with Gasteiger partial charge in [-0.1, -0.05) is 46.3 Å². The van der Waals surface area contributed by atoms with Crippen LogP contribution in [0.5, 0.6) is 0 Å². The second-order valence-electron chi connectivity index (χ2n) is 7.96. The van der Waals surface area contributed by atoms with Gasteiger partial charge in [0.25, 0.3) is 5.91 Å². The number of nitrogens with one attached hydrogen (secondary N) is 1. The highest BCUT2D eigenvalue weighted by molar-refractivity contribution is 9.10. The summed E-state index contributed by atoms with van der Waals surface area (Å²) in [6, 6.07) is 23.2. The fraction of sp³-hybridized carbons (Fsp3) is 0.200. The summed E-state index contributed by atoms with van der Waals surface area (Å²) in [5.74, 6) is 0.00345. The lowest BCUT2D eigenvalue weighted by atomic mass is 9.95. The highest BCUT2D eigenvalue weighted by Crippen LogP contribution is 2.49. The van der Waals surface area contributed by atoms with Crippen LogP contribution in [0, 0.1) is 0 Å². The fourth-order valence-electron chi connectivity index (χ4n) is 4.19. The molecular formula is C25H21BrN2O2. The van der Waals surface area contributed by atoms with Gasteiger partial charge in [0.05, 0.1) is 5.41 Å². The Morgan fingerprint density at radius 1 is 0.900 bits per heavy atom. The van der Waals surface area contributed by atoms with Gasteiger partial charge in [0, 0.05) is 28.0 Å². The van der Waals surface area contributed by atoms with Crippen molar-refractivity contribution in [1.29, 1.82) is 0 Å². The largest absolute Gasteiger partial charge is 0.325 e. The van der Waals surface area contributed by atoms with Crippen molar-refractivity contribution < 1.29 is 9.59 Å². The zero-order chi connectivity index (χ0) is 20.7. The predicted molar refractivity (Wildman–Crippen MR) is 122 cm³/mol. The molecule has 0 saturated heterocycles. The predicted octanol–water partition coefficient (Wildman–Crippen LogP) is 5.32. The minimum atomic E-state index is -0.436. The van der Waals surface area contributed by atoms with Crippen LogP contribution in [0.15, 0.2) is 77.3 Å². The minimum absolute atomic E-state index is 0.00801. The van der Waals surface area contributed by atoms with Crippen molar-refractivity contribution in [1.82, 2.24) is 0 Å². The van der Waals surface area contributed by atoms with E-state index in [2.05, 4.69) is 27.3 Å². The zero-order valence-electron chi connectivity index (χ0n) is 16.4. The number of amides is 2. The smallest absolute Gasteiger partial charge is 0.258 e. The number of benzene rings is 3. The van der Waals surface area contributed by atoms with Crippen molar-refractivity contribution in [2.24, 2.45) is 0 Å². The second-order valence-corrected chi connectivity index (χ2v) is 8.87. The Balaban J connectivity index is 1.29. The number of fused-ring (bicyclic) bond motifs is 1. The zero-order valence-corrected chi connectivity index (χ0v) is 18.0. The van der Waals surface area contributed by atoms with E-state index in [1.165, 1.54) is 5.56 Å².